The molecule has 0 heterocycles. The molecular formula is C13H12ClIN2. The second kappa shape index (κ2) is 5.14. The van der Waals surface area contributed by atoms with Gasteiger partial charge in [-0.1, -0.05) is 17.7 Å². The van der Waals surface area contributed by atoms with Crippen LogP contribution in [0, 0.1) is 10.5 Å². The Kier molecular flexibility index (Phi) is 3.79. The summed E-state index contributed by atoms with van der Waals surface area (Å²) in [4.78, 5) is 0. The van der Waals surface area contributed by atoms with Crippen molar-refractivity contribution in [1.82, 2.24) is 0 Å². The predicted molar refractivity (Wildman–Crippen MR) is 83.0 cm³/mol. The lowest BCUT2D eigenvalue weighted by Crippen LogP contribution is -1.98. The molecule has 17 heavy (non-hydrogen) atoms. The van der Waals surface area contributed by atoms with E-state index in [-0.39, 0.29) is 0 Å². The fourth-order valence-corrected chi connectivity index (χ4v) is 2.52. The first-order valence-corrected chi connectivity index (χ1v) is 6.60. The number of nitrogens with one attached hydrogen (secondary N) is 1. The Morgan fingerprint density at radius 1 is 1.12 bits per heavy atom. The number of aryl methyl sites for hydroxylation is 1. The molecular weight excluding hydrogens is 347 g/mol. The number of benzene rings is 2. The van der Waals surface area contributed by atoms with Gasteiger partial charge >= 0.3 is 0 Å². The molecule has 0 radical (unpaired) electrons. The van der Waals surface area contributed by atoms with Crippen molar-refractivity contribution in [3.8, 4) is 0 Å². The van der Waals surface area contributed by atoms with Crippen molar-refractivity contribution in [3.63, 3.8) is 0 Å². The van der Waals surface area contributed by atoms with Gasteiger partial charge in [-0.3, -0.25) is 0 Å². The maximum atomic E-state index is 5.93. The zero-order valence-electron chi connectivity index (χ0n) is 9.30. The van der Waals surface area contributed by atoms with Crippen LogP contribution in [-0.2, 0) is 0 Å². The van der Waals surface area contributed by atoms with Gasteiger partial charge in [0.2, 0.25) is 0 Å². The lowest BCUT2D eigenvalue weighted by Gasteiger charge is -2.12. The van der Waals surface area contributed by atoms with E-state index in [1.807, 2.05) is 43.3 Å². The van der Waals surface area contributed by atoms with Crippen LogP contribution in [0.4, 0.5) is 17.1 Å². The minimum absolute atomic E-state index is 0.733. The normalized spacial score (nSPS) is 10.3. The predicted octanol–water partition coefficient (Wildman–Crippen LogP) is 4.58. The van der Waals surface area contributed by atoms with Gasteiger partial charge in [-0.15, -0.1) is 0 Å². The molecule has 3 N–H and O–H groups in total. The average molecular weight is 359 g/mol. The smallest absolute Gasteiger partial charge is 0.0620 e. The fourth-order valence-electron chi connectivity index (χ4n) is 1.51. The van der Waals surface area contributed by atoms with Gasteiger partial charge in [0, 0.05) is 8.59 Å². The Labute approximate surface area is 119 Å². The largest absolute Gasteiger partial charge is 0.397 e. The fraction of sp³-hybridized carbons (Fsp3) is 0.0769. The summed E-state index contributed by atoms with van der Waals surface area (Å²) < 4.78 is 1.07. The molecule has 2 rings (SSSR count). The lowest BCUT2D eigenvalue weighted by atomic mass is 10.2. The number of halogens is 2. The summed E-state index contributed by atoms with van der Waals surface area (Å²) in [5.41, 5.74) is 9.76. The molecule has 4 heteroatoms. The van der Waals surface area contributed by atoms with E-state index in [2.05, 4.69) is 27.9 Å². The van der Waals surface area contributed by atoms with Crippen LogP contribution in [0.25, 0.3) is 0 Å². The standard InChI is InChI=1S/C13H12ClIN2/c1-8-2-4-11(16)13(6-8)17-12-5-3-9(14)7-10(12)15/h2-7,17H,16H2,1H3. The molecule has 2 aromatic rings. The third-order valence-corrected chi connectivity index (χ3v) is 3.54. The van der Waals surface area contributed by atoms with Gasteiger partial charge < -0.3 is 11.1 Å². The Morgan fingerprint density at radius 2 is 1.88 bits per heavy atom. The van der Waals surface area contributed by atoms with E-state index in [4.69, 9.17) is 17.3 Å². The first-order valence-electron chi connectivity index (χ1n) is 5.14. The number of nitrogens with two attached hydrogens (primary N) is 1. The van der Waals surface area contributed by atoms with Crippen LogP contribution in [0.5, 0.6) is 0 Å². The summed E-state index contributed by atoms with van der Waals surface area (Å²) in [7, 11) is 0. The van der Waals surface area contributed by atoms with Crippen molar-refractivity contribution in [1.29, 1.82) is 0 Å². The molecule has 0 atom stereocenters. The van der Waals surface area contributed by atoms with Crippen molar-refractivity contribution >= 4 is 51.3 Å². The summed E-state index contributed by atoms with van der Waals surface area (Å²) in [5.74, 6) is 0. The summed E-state index contributed by atoms with van der Waals surface area (Å²) >= 11 is 8.16. The Morgan fingerprint density at radius 3 is 2.59 bits per heavy atom. The number of anilines is 3. The average Bonchev–Trinajstić information content (AvgIpc) is 2.27. The molecule has 0 spiro atoms. The molecule has 88 valence electrons. The molecule has 0 bridgehead atoms. The second-order valence-electron chi connectivity index (χ2n) is 3.84. The first kappa shape index (κ1) is 12.5. The minimum Gasteiger partial charge on any atom is -0.397 e. The Bertz CT molecular complexity index is 555. The molecule has 0 saturated heterocycles. The van der Waals surface area contributed by atoms with Crippen LogP contribution in [0.3, 0.4) is 0 Å². The summed E-state index contributed by atoms with van der Waals surface area (Å²) in [5, 5.41) is 4.05. The maximum absolute atomic E-state index is 5.93. The molecule has 2 aromatic carbocycles. The molecule has 0 amide bonds. The van der Waals surface area contributed by atoms with E-state index in [1.165, 1.54) is 5.56 Å². The van der Waals surface area contributed by atoms with E-state index in [0.29, 0.717) is 0 Å². The van der Waals surface area contributed by atoms with Crippen molar-refractivity contribution in [3.05, 3.63) is 50.6 Å². The van der Waals surface area contributed by atoms with Crippen LogP contribution in [0.2, 0.25) is 5.02 Å². The van der Waals surface area contributed by atoms with Crippen LogP contribution < -0.4 is 11.1 Å². The first-order chi connectivity index (χ1) is 8.06. The van der Waals surface area contributed by atoms with Gasteiger partial charge in [-0.2, -0.15) is 0 Å². The minimum atomic E-state index is 0.733. The highest BCUT2D eigenvalue weighted by Crippen LogP contribution is 2.28. The number of nitrogen functional groups attached to an aromatic ring is 1. The molecule has 0 aliphatic heterocycles. The zero-order chi connectivity index (χ0) is 12.4. The third-order valence-electron chi connectivity index (χ3n) is 2.41. The van der Waals surface area contributed by atoms with Gasteiger partial charge in [0.15, 0.2) is 0 Å². The van der Waals surface area contributed by atoms with Crippen molar-refractivity contribution in [2.75, 3.05) is 11.1 Å². The Balaban J connectivity index is 2.34. The monoisotopic (exact) mass is 358 g/mol. The molecule has 0 aliphatic rings. The van der Waals surface area contributed by atoms with Crippen LogP contribution in [0.15, 0.2) is 36.4 Å². The quantitative estimate of drug-likeness (QED) is 0.609. The Hall–Kier alpha value is -0.940. The number of rotatable bonds is 2. The highest BCUT2D eigenvalue weighted by atomic mass is 127. The van der Waals surface area contributed by atoms with Crippen molar-refractivity contribution in [2.45, 2.75) is 6.92 Å². The summed E-state index contributed by atoms with van der Waals surface area (Å²) in [6.07, 6.45) is 0. The van der Waals surface area contributed by atoms with Crippen LogP contribution in [0.1, 0.15) is 5.56 Å². The van der Waals surface area contributed by atoms with Gasteiger partial charge in [-0.25, -0.2) is 0 Å². The van der Waals surface area contributed by atoms with Crippen molar-refractivity contribution in [2.24, 2.45) is 0 Å². The molecule has 2 nitrogen and oxygen atoms in total. The van der Waals surface area contributed by atoms with Gasteiger partial charge in [-0.05, 0) is 65.4 Å². The summed E-state index contributed by atoms with van der Waals surface area (Å²) in [6, 6.07) is 11.6. The summed E-state index contributed by atoms with van der Waals surface area (Å²) in [6.45, 7) is 2.04. The van der Waals surface area contributed by atoms with E-state index < -0.39 is 0 Å². The zero-order valence-corrected chi connectivity index (χ0v) is 12.2. The van der Waals surface area contributed by atoms with E-state index in [9.17, 15) is 0 Å². The highest BCUT2D eigenvalue weighted by Gasteiger charge is 2.04. The number of hydrogen-bond donors (Lipinski definition) is 2. The SMILES string of the molecule is Cc1ccc(N)c(Nc2ccc(Cl)cc2I)c1. The molecule has 0 unspecified atom stereocenters. The van der Waals surface area contributed by atoms with Gasteiger partial charge in [0.1, 0.15) is 0 Å². The second-order valence-corrected chi connectivity index (χ2v) is 5.44. The molecule has 0 aliphatic carbocycles. The van der Waals surface area contributed by atoms with Gasteiger partial charge in [0.05, 0.1) is 17.1 Å². The maximum Gasteiger partial charge on any atom is 0.0620 e. The van der Waals surface area contributed by atoms with Crippen LogP contribution in [-0.4, -0.2) is 0 Å². The third kappa shape index (κ3) is 3.04. The molecule has 0 fully saturated rings. The molecule has 0 aromatic heterocycles. The molecule has 0 saturated carbocycles. The van der Waals surface area contributed by atoms with E-state index in [1.54, 1.807) is 0 Å². The van der Waals surface area contributed by atoms with Crippen LogP contribution >= 0.6 is 34.2 Å². The lowest BCUT2D eigenvalue weighted by molar-refractivity contribution is 1.44. The van der Waals surface area contributed by atoms with Gasteiger partial charge in [0.25, 0.3) is 0 Å². The number of hydrogen-bond acceptors (Lipinski definition) is 2. The van der Waals surface area contributed by atoms with Crippen molar-refractivity contribution < 1.29 is 0 Å². The van der Waals surface area contributed by atoms with E-state index >= 15 is 0 Å². The highest BCUT2D eigenvalue weighted by molar-refractivity contribution is 14.1. The topological polar surface area (TPSA) is 38.0 Å². The van der Waals surface area contributed by atoms with E-state index in [0.717, 1.165) is 25.7 Å².